The molecule has 0 saturated carbocycles. The Morgan fingerprint density at radius 3 is 2.10 bits per heavy atom. The van der Waals surface area contributed by atoms with Crippen LogP contribution in [0.2, 0.25) is 0 Å². The summed E-state index contributed by atoms with van der Waals surface area (Å²) in [5.74, 6) is -0.0435. The smallest absolute Gasteiger partial charge is 0.251 e. The van der Waals surface area contributed by atoms with Gasteiger partial charge in [0.1, 0.15) is 0 Å². The van der Waals surface area contributed by atoms with Crippen molar-refractivity contribution < 1.29 is 10.0 Å². The summed E-state index contributed by atoms with van der Waals surface area (Å²) < 4.78 is 0. The summed E-state index contributed by atoms with van der Waals surface area (Å²) >= 11 is 0. The second kappa shape index (κ2) is 5.43. The number of rotatable bonds is 2. The van der Waals surface area contributed by atoms with E-state index in [1.54, 1.807) is 0 Å². The van der Waals surface area contributed by atoms with Crippen LogP contribution in [0, 0.1) is 6.92 Å². The molecule has 0 radical (unpaired) electrons. The summed E-state index contributed by atoms with van der Waals surface area (Å²) in [5, 5.41) is 14.8. The van der Waals surface area contributed by atoms with Gasteiger partial charge in [0.15, 0.2) is 0 Å². The highest BCUT2D eigenvalue weighted by Gasteiger charge is 2.45. The average molecular weight is 290 g/mol. The molecule has 0 spiro atoms. The number of aryl methyl sites for hydroxylation is 1. The van der Waals surface area contributed by atoms with Crippen molar-refractivity contribution in [2.45, 2.75) is 64.6 Å². The van der Waals surface area contributed by atoms with E-state index in [-0.39, 0.29) is 23.0 Å². The highest BCUT2D eigenvalue weighted by atomic mass is 16.5. The topological polar surface area (TPSA) is 52.6 Å². The lowest BCUT2D eigenvalue weighted by Gasteiger charge is -2.51. The van der Waals surface area contributed by atoms with Crippen molar-refractivity contribution in [3.63, 3.8) is 0 Å². The molecule has 4 heteroatoms. The van der Waals surface area contributed by atoms with Gasteiger partial charge in [-0.1, -0.05) is 17.7 Å². The van der Waals surface area contributed by atoms with Gasteiger partial charge in [-0.3, -0.25) is 4.79 Å². The molecule has 1 amide bonds. The molecule has 1 aliphatic heterocycles. The van der Waals surface area contributed by atoms with Crippen LogP contribution in [-0.4, -0.2) is 33.3 Å². The van der Waals surface area contributed by atoms with Gasteiger partial charge in [0, 0.05) is 22.7 Å². The van der Waals surface area contributed by atoms with E-state index in [9.17, 15) is 10.0 Å². The minimum absolute atomic E-state index is 0.0435. The van der Waals surface area contributed by atoms with E-state index >= 15 is 0 Å². The molecule has 0 aromatic heterocycles. The number of hydrogen-bond donors (Lipinski definition) is 2. The van der Waals surface area contributed by atoms with Crippen LogP contribution in [0.4, 0.5) is 0 Å². The molecule has 1 aliphatic rings. The van der Waals surface area contributed by atoms with Gasteiger partial charge in [0.2, 0.25) is 0 Å². The monoisotopic (exact) mass is 290 g/mol. The molecule has 0 bridgehead atoms. The lowest BCUT2D eigenvalue weighted by molar-refractivity contribution is -0.245. The third kappa shape index (κ3) is 3.44. The standard InChI is InChI=1S/C17H26N2O2/c1-12-6-8-13(9-7-12)15(20)18-14-10-16(2,3)19(21)17(4,5)11-14/h6-9,14,21H,10-11H2,1-5H3,(H,18,20). The number of carbonyl (C=O) groups excluding carboxylic acids is 1. The average Bonchev–Trinajstić information content (AvgIpc) is 2.36. The maximum Gasteiger partial charge on any atom is 0.251 e. The quantitative estimate of drug-likeness (QED) is 0.880. The Labute approximate surface area is 127 Å². The van der Waals surface area contributed by atoms with Crippen LogP contribution in [0.5, 0.6) is 0 Å². The molecule has 1 saturated heterocycles. The predicted octanol–water partition coefficient (Wildman–Crippen LogP) is 3.14. The maximum atomic E-state index is 12.3. The number of nitrogens with one attached hydrogen (secondary N) is 1. The minimum Gasteiger partial charge on any atom is -0.349 e. The van der Waals surface area contributed by atoms with E-state index in [2.05, 4.69) is 5.32 Å². The summed E-state index contributed by atoms with van der Waals surface area (Å²) in [5.41, 5.74) is 1.12. The molecule has 2 N–H and O–H groups in total. The van der Waals surface area contributed by atoms with Gasteiger partial charge in [-0.15, -0.1) is 0 Å². The fourth-order valence-electron chi connectivity index (χ4n) is 3.35. The normalized spacial score (nSPS) is 22.0. The fraction of sp³-hybridized carbons (Fsp3) is 0.588. The summed E-state index contributed by atoms with van der Waals surface area (Å²) in [6.45, 7) is 10.00. The molecule has 1 fully saturated rings. The second-order valence-electron chi connectivity index (χ2n) is 7.38. The zero-order chi connectivity index (χ0) is 15.8. The van der Waals surface area contributed by atoms with E-state index in [0.29, 0.717) is 5.56 Å². The number of hydroxylamine groups is 2. The SMILES string of the molecule is Cc1ccc(C(=O)NC2CC(C)(C)N(O)C(C)(C)C2)cc1. The zero-order valence-electron chi connectivity index (χ0n) is 13.6. The molecular weight excluding hydrogens is 264 g/mol. The van der Waals surface area contributed by atoms with Gasteiger partial charge in [0.05, 0.1) is 0 Å². The van der Waals surface area contributed by atoms with Crippen LogP contribution < -0.4 is 5.32 Å². The molecule has 0 unspecified atom stereocenters. The van der Waals surface area contributed by atoms with Gasteiger partial charge in [-0.2, -0.15) is 5.06 Å². The third-order valence-corrected chi connectivity index (χ3v) is 4.29. The van der Waals surface area contributed by atoms with Crippen molar-refractivity contribution >= 4 is 5.91 Å². The molecule has 116 valence electrons. The molecule has 4 nitrogen and oxygen atoms in total. The van der Waals surface area contributed by atoms with Crippen molar-refractivity contribution in [3.8, 4) is 0 Å². The van der Waals surface area contributed by atoms with E-state index in [4.69, 9.17) is 0 Å². The van der Waals surface area contributed by atoms with Crippen molar-refractivity contribution in [1.29, 1.82) is 0 Å². The lowest BCUT2D eigenvalue weighted by atomic mass is 9.79. The van der Waals surface area contributed by atoms with Crippen molar-refractivity contribution in [3.05, 3.63) is 35.4 Å². The van der Waals surface area contributed by atoms with Crippen LogP contribution in [0.15, 0.2) is 24.3 Å². The van der Waals surface area contributed by atoms with Crippen molar-refractivity contribution in [1.82, 2.24) is 10.4 Å². The third-order valence-electron chi connectivity index (χ3n) is 4.29. The Balaban J connectivity index is 2.09. The molecule has 2 rings (SSSR count). The van der Waals surface area contributed by atoms with Crippen molar-refractivity contribution in [2.75, 3.05) is 0 Å². The largest absolute Gasteiger partial charge is 0.349 e. The minimum atomic E-state index is -0.354. The first-order valence-electron chi connectivity index (χ1n) is 7.48. The van der Waals surface area contributed by atoms with Crippen LogP contribution in [0.1, 0.15) is 56.5 Å². The van der Waals surface area contributed by atoms with E-state index in [0.717, 1.165) is 18.4 Å². The number of piperidine rings is 1. The van der Waals surface area contributed by atoms with Gasteiger partial charge < -0.3 is 10.5 Å². The van der Waals surface area contributed by atoms with Gasteiger partial charge >= 0.3 is 0 Å². The zero-order valence-corrected chi connectivity index (χ0v) is 13.6. The van der Waals surface area contributed by atoms with Gasteiger partial charge in [-0.05, 0) is 59.6 Å². The van der Waals surface area contributed by atoms with Crippen LogP contribution in [0.25, 0.3) is 0 Å². The Morgan fingerprint density at radius 1 is 1.14 bits per heavy atom. The second-order valence-corrected chi connectivity index (χ2v) is 7.38. The number of amides is 1. The summed E-state index contributed by atoms with van der Waals surface area (Å²) in [6.07, 6.45) is 1.45. The number of carbonyl (C=O) groups is 1. The molecule has 21 heavy (non-hydrogen) atoms. The Morgan fingerprint density at radius 2 is 1.62 bits per heavy atom. The van der Waals surface area contributed by atoms with E-state index < -0.39 is 0 Å². The molecule has 0 aliphatic carbocycles. The predicted molar refractivity (Wildman–Crippen MR) is 83.5 cm³/mol. The van der Waals surface area contributed by atoms with Crippen LogP contribution >= 0.6 is 0 Å². The van der Waals surface area contributed by atoms with Gasteiger partial charge in [0.25, 0.3) is 5.91 Å². The molecule has 0 atom stereocenters. The summed E-state index contributed by atoms with van der Waals surface area (Å²) in [7, 11) is 0. The van der Waals surface area contributed by atoms with Crippen LogP contribution in [0.3, 0.4) is 0 Å². The highest BCUT2D eigenvalue weighted by Crippen LogP contribution is 2.36. The molecule has 1 aromatic rings. The van der Waals surface area contributed by atoms with Crippen LogP contribution in [-0.2, 0) is 0 Å². The summed E-state index contributed by atoms with van der Waals surface area (Å²) in [6, 6.07) is 7.65. The Hall–Kier alpha value is -1.39. The first kappa shape index (κ1) is 16.0. The molecule has 1 aromatic carbocycles. The summed E-state index contributed by atoms with van der Waals surface area (Å²) in [4.78, 5) is 12.3. The first-order valence-corrected chi connectivity index (χ1v) is 7.48. The molecular formula is C17H26N2O2. The van der Waals surface area contributed by atoms with Crippen molar-refractivity contribution in [2.24, 2.45) is 0 Å². The fourth-order valence-corrected chi connectivity index (χ4v) is 3.35. The molecule has 1 heterocycles. The van der Waals surface area contributed by atoms with Gasteiger partial charge in [-0.25, -0.2) is 0 Å². The van der Waals surface area contributed by atoms with E-state index in [1.165, 1.54) is 5.06 Å². The first-order chi connectivity index (χ1) is 9.62. The Kier molecular flexibility index (Phi) is 4.13. The lowest BCUT2D eigenvalue weighted by Crippen LogP contribution is -2.62. The number of hydrogen-bond acceptors (Lipinski definition) is 3. The maximum absolute atomic E-state index is 12.3. The van der Waals surface area contributed by atoms with E-state index in [1.807, 2.05) is 58.9 Å². The number of benzene rings is 1. The Bertz CT molecular complexity index is 502. The highest BCUT2D eigenvalue weighted by molar-refractivity contribution is 5.94. The number of nitrogens with zero attached hydrogens (tertiary/aromatic N) is 1.